The van der Waals surface area contributed by atoms with Crippen LogP contribution in [0.25, 0.3) is 11.5 Å². The van der Waals surface area contributed by atoms with Crippen molar-refractivity contribution in [3.8, 4) is 11.5 Å². The summed E-state index contributed by atoms with van der Waals surface area (Å²) in [5.41, 5.74) is 0.668. The third kappa shape index (κ3) is 3.65. The molecule has 0 aliphatic carbocycles. The van der Waals surface area contributed by atoms with Crippen molar-refractivity contribution in [3.63, 3.8) is 0 Å². The predicted molar refractivity (Wildman–Crippen MR) is 95.7 cm³/mol. The Bertz CT molecular complexity index is 798. The molecule has 1 saturated heterocycles. The maximum Gasteiger partial charge on any atom is 0.246 e. The zero-order valence-corrected chi connectivity index (χ0v) is 15.8. The molecular formula is C17H26N4O3S. The third-order valence-corrected chi connectivity index (χ3v) is 6.94. The summed E-state index contributed by atoms with van der Waals surface area (Å²) in [6.45, 7) is 9.75. The summed E-state index contributed by atoms with van der Waals surface area (Å²) in [5, 5.41) is 6.69. The lowest BCUT2D eigenvalue weighted by Gasteiger charge is -2.23. The van der Waals surface area contributed by atoms with E-state index in [0.717, 1.165) is 26.1 Å². The monoisotopic (exact) mass is 366 g/mol. The number of hydrogen-bond donors (Lipinski definition) is 1. The molecule has 1 unspecified atom stereocenters. The molecule has 1 fully saturated rings. The van der Waals surface area contributed by atoms with Crippen LogP contribution in [0.2, 0.25) is 0 Å². The molecule has 25 heavy (non-hydrogen) atoms. The van der Waals surface area contributed by atoms with E-state index in [1.165, 1.54) is 0 Å². The van der Waals surface area contributed by atoms with E-state index in [1.807, 2.05) is 6.92 Å². The number of hydrogen-bond acceptors (Lipinski definition) is 5. The van der Waals surface area contributed by atoms with Crippen molar-refractivity contribution in [2.45, 2.75) is 32.1 Å². The predicted octanol–water partition coefficient (Wildman–Crippen LogP) is 2.33. The van der Waals surface area contributed by atoms with Gasteiger partial charge in [-0.05, 0) is 38.4 Å². The second-order valence-electron chi connectivity index (χ2n) is 6.51. The van der Waals surface area contributed by atoms with Crippen LogP contribution in [0.1, 0.15) is 26.0 Å². The Morgan fingerprint density at radius 3 is 2.84 bits per heavy atom. The number of likely N-dealkylation sites (tertiary alicyclic amines) is 1. The first-order valence-electron chi connectivity index (χ1n) is 8.78. The Balaban J connectivity index is 1.82. The highest BCUT2D eigenvalue weighted by Crippen LogP contribution is 2.30. The van der Waals surface area contributed by atoms with Crippen molar-refractivity contribution in [3.05, 3.63) is 24.1 Å². The van der Waals surface area contributed by atoms with Crippen molar-refractivity contribution in [2.24, 2.45) is 5.92 Å². The summed E-state index contributed by atoms with van der Waals surface area (Å²) in [7, 11) is -3.58. The largest absolute Gasteiger partial charge is 0.458 e. The fourth-order valence-electron chi connectivity index (χ4n) is 3.42. The number of sulfonamides is 1. The van der Waals surface area contributed by atoms with Gasteiger partial charge in [-0.1, -0.05) is 13.8 Å². The van der Waals surface area contributed by atoms with E-state index in [9.17, 15) is 8.42 Å². The molecule has 8 heteroatoms. The lowest BCUT2D eigenvalue weighted by atomic mass is 10.1. The average molecular weight is 366 g/mol. The van der Waals surface area contributed by atoms with Crippen LogP contribution >= 0.6 is 0 Å². The van der Waals surface area contributed by atoms with E-state index < -0.39 is 10.0 Å². The molecule has 7 nitrogen and oxygen atoms in total. The van der Waals surface area contributed by atoms with Gasteiger partial charge in [0.05, 0.1) is 0 Å². The standard InChI is InChI=1S/C17H26N4O3S/c1-4-20-9-7-14(11-20)12-21(5-2)25(22,23)17-10-16(24-13(17)3)15-6-8-18-19-15/h6,8,10,14H,4-5,7,9,11-12H2,1-3H3,(H,18,19). The molecule has 0 radical (unpaired) electrons. The van der Waals surface area contributed by atoms with Gasteiger partial charge in [0.1, 0.15) is 16.3 Å². The quantitative estimate of drug-likeness (QED) is 0.813. The molecule has 0 bridgehead atoms. The molecule has 1 N–H and O–H groups in total. The second kappa shape index (κ2) is 7.31. The zero-order chi connectivity index (χ0) is 18.0. The van der Waals surface area contributed by atoms with E-state index in [-0.39, 0.29) is 4.90 Å². The number of nitrogens with zero attached hydrogens (tertiary/aromatic N) is 3. The van der Waals surface area contributed by atoms with Crippen LogP contribution in [0.5, 0.6) is 0 Å². The summed E-state index contributed by atoms with van der Waals surface area (Å²) in [5.74, 6) is 1.28. The van der Waals surface area contributed by atoms with Crippen LogP contribution in [0.4, 0.5) is 0 Å². The molecule has 1 aliphatic rings. The van der Waals surface area contributed by atoms with Crippen molar-refractivity contribution >= 4 is 10.0 Å². The summed E-state index contributed by atoms with van der Waals surface area (Å²) < 4.78 is 33.5. The summed E-state index contributed by atoms with van der Waals surface area (Å²) >= 11 is 0. The van der Waals surface area contributed by atoms with Crippen LogP contribution < -0.4 is 0 Å². The minimum atomic E-state index is -3.58. The number of rotatable bonds is 7. The molecule has 0 spiro atoms. The minimum absolute atomic E-state index is 0.240. The first-order chi connectivity index (χ1) is 12.0. The third-order valence-electron chi connectivity index (χ3n) is 4.89. The lowest BCUT2D eigenvalue weighted by molar-refractivity contribution is 0.314. The molecule has 1 atom stereocenters. The molecule has 0 saturated carbocycles. The van der Waals surface area contributed by atoms with Gasteiger partial charge in [0, 0.05) is 31.9 Å². The van der Waals surface area contributed by atoms with Gasteiger partial charge in [-0.2, -0.15) is 9.40 Å². The van der Waals surface area contributed by atoms with Crippen molar-refractivity contribution in [1.29, 1.82) is 0 Å². The molecular weight excluding hydrogens is 340 g/mol. The van der Waals surface area contributed by atoms with E-state index in [4.69, 9.17) is 4.42 Å². The number of furan rings is 1. The van der Waals surface area contributed by atoms with E-state index >= 15 is 0 Å². The van der Waals surface area contributed by atoms with Gasteiger partial charge < -0.3 is 9.32 Å². The van der Waals surface area contributed by atoms with Crippen LogP contribution in [-0.4, -0.2) is 60.5 Å². The number of aryl methyl sites for hydroxylation is 1. The molecule has 2 aromatic heterocycles. The summed E-state index contributed by atoms with van der Waals surface area (Å²) in [4.78, 5) is 2.61. The number of aromatic nitrogens is 2. The highest BCUT2D eigenvalue weighted by atomic mass is 32.2. The van der Waals surface area contributed by atoms with Gasteiger partial charge >= 0.3 is 0 Å². The van der Waals surface area contributed by atoms with Crippen molar-refractivity contribution in [2.75, 3.05) is 32.7 Å². The summed E-state index contributed by atoms with van der Waals surface area (Å²) in [6.07, 6.45) is 2.66. The molecule has 0 amide bonds. The first-order valence-corrected chi connectivity index (χ1v) is 10.2. The average Bonchev–Trinajstić information content (AvgIpc) is 3.32. The summed E-state index contributed by atoms with van der Waals surface area (Å²) in [6, 6.07) is 3.35. The van der Waals surface area contributed by atoms with Crippen LogP contribution in [0, 0.1) is 12.8 Å². The van der Waals surface area contributed by atoms with E-state index in [1.54, 1.807) is 29.6 Å². The Morgan fingerprint density at radius 2 is 2.24 bits per heavy atom. The molecule has 0 aromatic carbocycles. The highest BCUT2D eigenvalue weighted by Gasteiger charge is 2.32. The van der Waals surface area contributed by atoms with Gasteiger partial charge in [-0.3, -0.25) is 5.10 Å². The fourth-order valence-corrected chi connectivity index (χ4v) is 5.11. The lowest BCUT2D eigenvalue weighted by Crippen LogP contribution is -2.36. The highest BCUT2D eigenvalue weighted by molar-refractivity contribution is 7.89. The van der Waals surface area contributed by atoms with Gasteiger partial charge in [0.15, 0.2) is 5.76 Å². The van der Waals surface area contributed by atoms with Crippen molar-refractivity contribution in [1.82, 2.24) is 19.4 Å². The SMILES string of the molecule is CCN1CCC(CN(CC)S(=O)(=O)c2cc(-c3ccn[nH]3)oc2C)C1. The van der Waals surface area contributed by atoms with E-state index in [0.29, 0.717) is 36.2 Å². The normalized spacial score (nSPS) is 19.1. The van der Waals surface area contributed by atoms with Gasteiger partial charge in [-0.15, -0.1) is 0 Å². The van der Waals surface area contributed by atoms with Crippen LogP contribution in [0.15, 0.2) is 27.6 Å². The molecule has 138 valence electrons. The van der Waals surface area contributed by atoms with Gasteiger partial charge in [-0.25, -0.2) is 8.42 Å². The number of nitrogens with one attached hydrogen (secondary N) is 1. The Morgan fingerprint density at radius 1 is 1.44 bits per heavy atom. The minimum Gasteiger partial charge on any atom is -0.458 e. The smallest absolute Gasteiger partial charge is 0.246 e. The molecule has 3 rings (SSSR count). The van der Waals surface area contributed by atoms with Crippen LogP contribution in [0.3, 0.4) is 0 Å². The Hall–Kier alpha value is -1.64. The Labute approximate surface area is 149 Å². The van der Waals surface area contributed by atoms with Gasteiger partial charge in [0.2, 0.25) is 10.0 Å². The number of H-pyrrole nitrogens is 1. The van der Waals surface area contributed by atoms with Crippen molar-refractivity contribution < 1.29 is 12.8 Å². The second-order valence-corrected chi connectivity index (χ2v) is 8.41. The Kier molecular flexibility index (Phi) is 5.31. The maximum atomic E-state index is 13.1. The maximum absolute atomic E-state index is 13.1. The fraction of sp³-hybridized carbons (Fsp3) is 0.588. The van der Waals surface area contributed by atoms with E-state index in [2.05, 4.69) is 22.0 Å². The zero-order valence-electron chi connectivity index (χ0n) is 15.0. The molecule has 1 aliphatic heterocycles. The molecule has 2 aromatic rings. The number of aromatic amines is 1. The first kappa shape index (κ1) is 18.2. The topological polar surface area (TPSA) is 82.4 Å². The van der Waals surface area contributed by atoms with Crippen LogP contribution in [-0.2, 0) is 10.0 Å². The molecule has 3 heterocycles. The van der Waals surface area contributed by atoms with Gasteiger partial charge in [0.25, 0.3) is 0 Å².